The van der Waals surface area contributed by atoms with Gasteiger partial charge in [-0.1, -0.05) is 0 Å². The van der Waals surface area contributed by atoms with Gasteiger partial charge in [0.15, 0.2) is 0 Å². The number of hydrogen-bond acceptors (Lipinski definition) is 6. The highest BCUT2D eigenvalue weighted by Gasteiger charge is 2.11. The minimum atomic E-state index is -0.411. The average molecular weight is 275 g/mol. The lowest BCUT2D eigenvalue weighted by molar-refractivity contribution is 0.101. The molecule has 8 nitrogen and oxygen atoms in total. The fourth-order valence-electron chi connectivity index (χ4n) is 1.76. The summed E-state index contributed by atoms with van der Waals surface area (Å²) >= 11 is 0. The number of nitrogens with one attached hydrogen (secondary N) is 2. The molecule has 0 aliphatic heterocycles. The van der Waals surface area contributed by atoms with E-state index in [0.717, 1.165) is 18.9 Å². The standard InChI is InChI=1S/C12H17N7O/c1-3-19(4-2)9-6-5-8(7-14-9)15-11(20)10-16-12(13)18-17-10/h5-7H,3-4H2,1-2H3,(H,15,20)(H3,13,16,17,18). The monoisotopic (exact) mass is 275 g/mol. The number of pyridine rings is 1. The quantitative estimate of drug-likeness (QED) is 0.746. The Morgan fingerprint density at radius 2 is 2.15 bits per heavy atom. The Morgan fingerprint density at radius 1 is 1.40 bits per heavy atom. The van der Waals surface area contributed by atoms with Gasteiger partial charge in [-0.2, -0.15) is 4.98 Å². The van der Waals surface area contributed by atoms with E-state index in [1.807, 2.05) is 6.07 Å². The summed E-state index contributed by atoms with van der Waals surface area (Å²) in [5, 5.41) is 8.71. The largest absolute Gasteiger partial charge is 0.366 e. The molecule has 1 amide bonds. The van der Waals surface area contributed by atoms with Crippen molar-refractivity contribution < 1.29 is 4.79 Å². The van der Waals surface area contributed by atoms with E-state index in [1.54, 1.807) is 12.3 Å². The Balaban J connectivity index is 2.05. The van der Waals surface area contributed by atoms with Gasteiger partial charge < -0.3 is 16.0 Å². The molecule has 0 saturated heterocycles. The topological polar surface area (TPSA) is 113 Å². The number of amides is 1. The number of nitrogens with zero attached hydrogens (tertiary/aromatic N) is 4. The fourth-order valence-corrected chi connectivity index (χ4v) is 1.76. The van der Waals surface area contributed by atoms with Gasteiger partial charge in [0.05, 0.1) is 11.9 Å². The fraction of sp³-hybridized carbons (Fsp3) is 0.333. The van der Waals surface area contributed by atoms with Crippen molar-refractivity contribution in [1.82, 2.24) is 20.2 Å². The number of carbonyl (C=O) groups excluding carboxylic acids is 1. The molecule has 0 radical (unpaired) electrons. The van der Waals surface area contributed by atoms with Crippen molar-refractivity contribution >= 4 is 23.4 Å². The number of anilines is 3. The summed E-state index contributed by atoms with van der Waals surface area (Å²) in [5.74, 6) is 0.559. The van der Waals surface area contributed by atoms with Gasteiger partial charge in [-0.05, 0) is 26.0 Å². The lowest BCUT2D eigenvalue weighted by atomic mass is 10.3. The molecule has 2 aromatic rings. The smallest absolute Gasteiger partial charge is 0.293 e. The van der Waals surface area contributed by atoms with E-state index in [4.69, 9.17) is 5.73 Å². The second-order valence-electron chi connectivity index (χ2n) is 4.07. The summed E-state index contributed by atoms with van der Waals surface area (Å²) in [6.07, 6.45) is 1.60. The summed E-state index contributed by atoms with van der Waals surface area (Å²) in [7, 11) is 0. The first-order valence-corrected chi connectivity index (χ1v) is 6.34. The number of H-pyrrole nitrogens is 1. The molecule has 2 rings (SSSR count). The maximum atomic E-state index is 11.8. The highest BCUT2D eigenvalue weighted by Crippen LogP contribution is 2.14. The van der Waals surface area contributed by atoms with E-state index in [0.29, 0.717) is 5.69 Å². The van der Waals surface area contributed by atoms with Crippen LogP contribution in [0.15, 0.2) is 18.3 Å². The predicted octanol–water partition coefficient (Wildman–Crippen LogP) is 0.880. The van der Waals surface area contributed by atoms with E-state index in [2.05, 4.69) is 44.2 Å². The minimum absolute atomic E-state index is 0.0326. The number of hydrogen-bond donors (Lipinski definition) is 3. The van der Waals surface area contributed by atoms with Crippen LogP contribution in [0.5, 0.6) is 0 Å². The van der Waals surface area contributed by atoms with Crippen LogP contribution in [0.4, 0.5) is 17.5 Å². The van der Waals surface area contributed by atoms with Crippen molar-refractivity contribution in [2.45, 2.75) is 13.8 Å². The third kappa shape index (κ3) is 3.02. The van der Waals surface area contributed by atoms with Crippen molar-refractivity contribution in [3.63, 3.8) is 0 Å². The van der Waals surface area contributed by atoms with E-state index in [-0.39, 0.29) is 11.8 Å². The Bertz CT molecular complexity index is 574. The normalized spacial score (nSPS) is 10.3. The SMILES string of the molecule is CCN(CC)c1ccc(NC(=O)c2nc(N)n[nH]2)cn1. The predicted molar refractivity (Wildman–Crippen MR) is 76.5 cm³/mol. The number of rotatable bonds is 5. The average Bonchev–Trinajstić information content (AvgIpc) is 2.89. The van der Waals surface area contributed by atoms with Crippen LogP contribution in [0.3, 0.4) is 0 Å². The summed E-state index contributed by atoms with van der Waals surface area (Å²) in [5.41, 5.74) is 5.93. The van der Waals surface area contributed by atoms with Gasteiger partial charge in [0.2, 0.25) is 11.8 Å². The molecule has 0 atom stereocenters. The van der Waals surface area contributed by atoms with Crippen molar-refractivity contribution in [2.75, 3.05) is 29.0 Å². The van der Waals surface area contributed by atoms with Crippen molar-refractivity contribution in [3.8, 4) is 0 Å². The summed E-state index contributed by atoms with van der Waals surface area (Å²) in [4.78, 5) is 22.0. The first-order valence-electron chi connectivity index (χ1n) is 6.34. The Kier molecular flexibility index (Phi) is 4.14. The molecule has 20 heavy (non-hydrogen) atoms. The van der Waals surface area contributed by atoms with Gasteiger partial charge in [0.25, 0.3) is 5.91 Å². The molecular weight excluding hydrogens is 258 g/mol. The molecule has 106 valence electrons. The van der Waals surface area contributed by atoms with E-state index in [1.165, 1.54) is 0 Å². The van der Waals surface area contributed by atoms with Crippen molar-refractivity contribution in [2.24, 2.45) is 0 Å². The van der Waals surface area contributed by atoms with E-state index >= 15 is 0 Å². The van der Waals surface area contributed by atoms with E-state index in [9.17, 15) is 4.79 Å². The van der Waals surface area contributed by atoms with Crippen molar-refractivity contribution in [1.29, 1.82) is 0 Å². The molecule has 0 aliphatic rings. The van der Waals surface area contributed by atoms with Crippen LogP contribution in [0, 0.1) is 0 Å². The number of aromatic nitrogens is 4. The lowest BCUT2D eigenvalue weighted by Gasteiger charge is -2.19. The highest BCUT2D eigenvalue weighted by molar-refractivity contribution is 6.01. The minimum Gasteiger partial charge on any atom is -0.366 e. The van der Waals surface area contributed by atoms with Gasteiger partial charge in [0, 0.05) is 13.1 Å². The van der Waals surface area contributed by atoms with E-state index < -0.39 is 5.91 Å². The van der Waals surface area contributed by atoms with Gasteiger partial charge in [-0.25, -0.2) is 4.98 Å². The number of nitrogens with two attached hydrogens (primary N) is 1. The first-order chi connectivity index (χ1) is 9.63. The first kappa shape index (κ1) is 13.8. The van der Waals surface area contributed by atoms with Crippen LogP contribution in [0.25, 0.3) is 0 Å². The lowest BCUT2D eigenvalue weighted by Crippen LogP contribution is -2.23. The molecule has 0 aromatic carbocycles. The van der Waals surface area contributed by atoms with Gasteiger partial charge in [0.1, 0.15) is 5.82 Å². The zero-order valence-electron chi connectivity index (χ0n) is 11.4. The molecule has 0 bridgehead atoms. The molecule has 0 fully saturated rings. The summed E-state index contributed by atoms with van der Waals surface area (Å²) in [6, 6.07) is 3.65. The molecule has 0 unspecified atom stereocenters. The molecule has 2 heterocycles. The third-order valence-electron chi connectivity index (χ3n) is 2.81. The molecule has 0 spiro atoms. The third-order valence-corrected chi connectivity index (χ3v) is 2.81. The second-order valence-corrected chi connectivity index (χ2v) is 4.07. The van der Waals surface area contributed by atoms with Gasteiger partial charge in [-0.15, -0.1) is 5.10 Å². The Morgan fingerprint density at radius 3 is 2.65 bits per heavy atom. The summed E-state index contributed by atoms with van der Waals surface area (Å²) in [6.45, 7) is 5.89. The molecular formula is C12H17N7O. The van der Waals surface area contributed by atoms with Crippen LogP contribution in [0.1, 0.15) is 24.5 Å². The number of aromatic amines is 1. The van der Waals surface area contributed by atoms with Crippen LogP contribution in [-0.4, -0.2) is 39.2 Å². The van der Waals surface area contributed by atoms with Gasteiger partial charge >= 0.3 is 0 Å². The highest BCUT2D eigenvalue weighted by atomic mass is 16.2. The van der Waals surface area contributed by atoms with Crippen molar-refractivity contribution in [3.05, 3.63) is 24.2 Å². The maximum Gasteiger partial charge on any atom is 0.293 e. The molecule has 4 N–H and O–H groups in total. The zero-order chi connectivity index (χ0) is 14.5. The molecule has 0 aliphatic carbocycles. The van der Waals surface area contributed by atoms with Crippen LogP contribution >= 0.6 is 0 Å². The summed E-state index contributed by atoms with van der Waals surface area (Å²) < 4.78 is 0. The Hall–Kier alpha value is -2.64. The molecule has 2 aromatic heterocycles. The Labute approximate surface area is 116 Å². The van der Waals surface area contributed by atoms with Crippen LogP contribution in [0.2, 0.25) is 0 Å². The number of nitrogen functional groups attached to an aromatic ring is 1. The molecule has 8 heteroatoms. The van der Waals surface area contributed by atoms with Crippen LogP contribution < -0.4 is 16.0 Å². The molecule has 0 saturated carbocycles. The zero-order valence-corrected chi connectivity index (χ0v) is 11.4. The van der Waals surface area contributed by atoms with Gasteiger partial charge in [-0.3, -0.25) is 9.89 Å². The second kappa shape index (κ2) is 6.00. The maximum absolute atomic E-state index is 11.8. The van der Waals surface area contributed by atoms with Crippen LogP contribution in [-0.2, 0) is 0 Å². The number of carbonyl (C=O) groups is 1.